The van der Waals surface area contributed by atoms with Gasteiger partial charge in [-0.05, 0) is 38.8 Å². The van der Waals surface area contributed by atoms with E-state index in [0.717, 1.165) is 17.7 Å². The summed E-state index contributed by atoms with van der Waals surface area (Å²) in [5.41, 5.74) is -0.679. The highest BCUT2D eigenvalue weighted by Gasteiger charge is 2.38. The molecule has 0 bridgehead atoms. The molecule has 0 N–H and O–H groups in total. The molecule has 1 atom stereocenters. The number of ether oxygens (including phenoxy) is 2. The molecule has 0 aliphatic carbocycles. The number of carbonyl (C=O) groups is 2. The number of amides is 1. The van der Waals surface area contributed by atoms with E-state index < -0.39 is 5.41 Å². The largest absolute Gasteiger partial charge is 0.469 e. The molecule has 1 amide bonds. The summed E-state index contributed by atoms with van der Waals surface area (Å²) in [7, 11) is 2.81. The van der Waals surface area contributed by atoms with Gasteiger partial charge < -0.3 is 14.4 Å². The van der Waals surface area contributed by atoms with E-state index in [1.807, 2.05) is 44.2 Å². The minimum absolute atomic E-state index is 0.0360. The third kappa shape index (κ3) is 6.56. The number of esters is 1. The predicted molar refractivity (Wildman–Crippen MR) is 105 cm³/mol. The monoisotopic (exact) mass is 381 g/mol. The zero-order valence-corrected chi connectivity index (χ0v) is 17.3. The Morgan fingerprint density at radius 2 is 1.77 bits per heavy atom. The van der Waals surface area contributed by atoms with Crippen LogP contribution in [0, 0.1) is 5.41 Å². The van der Waals surface area contributed by atoms with Gasteiger partial charge in [0, 0.05) is 23.2 Å². The summed E-state index contributed by atoms with van der Waals surface area (Å²) in [4.78, 5) is 27.2. The summed E-state index contributed by atoms with van der Waals surface area (Å²) >= 11 is 1.64. The smallest absolute Gasteiger partial charge is 0.409 e. The van der Waals surface area contributed by atoms with Crippen molar-refractivity contribution in [2.45, 2.75) is 50.2 Å². The Kier molecular flexibility index (Phi) is 9.55. The van der Waals surface area contributed by atoms with Crippen molar-refractivity contribution in [1.82, 2.24) is 4.90 Å². The van der Waals surface area contributed by atoms with Crippen LogP contribution in [-0.4, -0.2) is 49.5 Å². The quantitative estimate of drug-likeness (QED) is 0.438. The van der Waals surface area contributed by atoms with E-state index in [-0.39, 0.29) is 17.3 Å². The fraction of sp³-hybridized carbons (Fsp3) is 0.600. The second kappa shape index (κ2) is 11.1. The average Bonchev–Trinajstić information content (AvgIpc) is 2.66. The maximum atomic E-state index is 12.3. The molecule has 1 aromatic carbocycles. The number of benzene rings is 1. The third-order valence-corrected chi connectivity index (χ3v) is 6.07. The van der Waals surface area contributed by atoms with Crippen molar-refractivity contribution in [3.05, 3.63) is 30.3 Å². The maximum Gasteiger partial charge on any atom is 0.409 e. The Morgan fingerprint density at radius 3 is 2.31 bits per heavy atom. The first kappa shape index (κ1) is 22.4. The number of thioether (sulfide) groups is 1. The number of unbranched alkanes of at least 4 members (excludes halogenated alkanes) is 1. The van der Waals surface area contributed by atoms with Crippen molar-refractivity contribution in [3.8, 4) is 0 Å². The topological polar surface area (TPSA) is 55.8 Å². The van der Waals surface area contributed by atoms with Crippen molar-refractivity contribution in [2.75, 3.05) is 27.3 Å². The van der Waals surface area contributed by atoms with E-state index in [0.29, 0.717) is 19.5 Å². The van der Waals surface area contributed by atoms with Crippen LogP contribution in [-0.2, 0) is 14.3 Å². The van der Waals surface area contributed by atoms with Crippen molar-refractivity contribution >= 4 is 23.8 Å². The molecule has 1 rings (SSSR count). The predicted octanol–water partition coefficient (Wildman–Crippen LogP) is 4.61. The molecular formula is C20H31NO4S. The Bertz CT molecular complexity index is 562. The van der Waals surface area contributed by atoms with E-state index in [1.54, 1.807) is 16.7 Å². The third-order valence-electron chi connectivity index (χ3n) is 4.41. The summed E-state index contributed by atoms with van der Waals surface area (Å²) in [6, 6.07) is 9.98. The zero-order valence-electron chi connectivity index (χ0n) is 16.5. The van der Waals surface area contributed by atoms with Crippen LogP contribution in [0.1, 0.15) is 40.0 Å². The number of carbonyl (C=O) groups excluding carboxylic acids is 2. The first-order valence-corrected chi connectivity index (χ1v) is 9.87. The van der Waals surface area contributed by atoms with Crippen LogP contribution in [0.4, 0.5) is 4.79 Å². The van der Waals surface area contributed by atoms with Crippen molar-refractivity contribution < 1.29 is 19.1 Å². The lowest BCUT2D eigenvalue weighted by Crippen LogP contribution is -2.40. The van der Waals surface area contributed by atoms with Gasteiger partial charge in [-0.3, -0.25) is 4.79 Å². The Labute approximate surface area is 161 Å². The van der Waals surface area contributed by atoms with E-state index in [9.17, 15) is 9.59 Å². The molecule has 0 spiro atoms. The second-order valence-corrected chi connectivity index (χ2v) is 8.01. The summed E-state index contributed by atoms with van der Waals surface area (Å²) < 4.78 is 9.92. The normalized spacial score (nSPS) is 12.3. The molecule has 0 saturated carbocycles. The summed E-state index contributed by atoms with van der Waals surface area (Å²) in [6.45, 7) is 7.08. The van der Waals surface area contributed by atoms with Crippen LogP contribution in [0.3, 0.4) is 0 Å². The lowest BCUT2D eigenvalue weighted by atomic mass is 9.87. The highest BCUT2D eigenvalue weighted by atomic mass is 32.2. The highest BCUT2D eigenvalue weighted by molar-refractivity contribution is 8.00. The molecule has 0 aromatic heterocycles. The first-order chi connectivity index (χ1) is 12.4. The molecule has 146 valence electrons. The highest BCUT2D eigenvalue weighted by Crippen LogP contribution is 2.38. The molecule has 0 saturated heterocycles. The zero-order chi connectivity index (χ0) is 19.6. The van der Waals surface area contributed by atoms with Gasteiger partial charge in [-0.25, -0.2) is 4.79 Å². The van der Waals surface area contributed by atoms with Crippen LogP contribution in [0.5, 0.6) is 0 Å². The van der Waals surface area contributed by atoms with Gasteiger partial charge in [0.2, 0.25) is 0 Å². The minimum Gasteiger partial charge on any atom is -0.469 e. The lowest BCUT2D eigenvalue weighted by molar-refractivity contribution is -0.150. The van der Waals surface area contributed by atoms with Gasteiger partial charge in [0.1, 0.15) is 0 Å². The second-order valence-electron chi connectivity index (χ2n) is 6.73. The molecule has 0 radical (unpaired) electrons. The molecule has 0 aliphatic rings. The number of hydrogen-bond donors (Lipinski definition) is 0. The number of nitrogens with zero attached hydrogens (tertiary/aromatic N) is 1. The lowest BCUT2D eigenvalue weighted by Gasteiger charge is -2.33. The van der Waals surface area contributed by atoms with Gasteiger partial charge in [0.25, 0.3) is 0 Å². The Balaban J connectivity index is 2.93. The van der Waals surface area contributed by atoms with E-state index >= 15 is 0 Å². The standard InChI is InChI=1S/C20H31NO4S/c1-6-7-14-21(19(23)25-5)15-13-17(20(2,3)18(22)24-4)26-16-11-9-8-10-12-16/h8-12,17H,6-7,13-15H2,1-5H3. The summed E-state index contributed by atoms with van der Waals surface area (Å²) in [5, 5.41) is -0.0360. The molecule has 1 aromatic rings. The Hall–Kier alpha value is -1.69. The van der Waals surface area contributed by atoms with Crippen LogP contribution < -0.4 is 0 Å². The summed E-state index contributed by atoms with van der Waals surface area (Å²) in [5.74, 6) is -0.246. The van der Waals surface area contributed by atoms with E-state index in [2.05, 4.69) is 6.92 Å². The molecule has 6 heteroatoms. The number of rotatable bonds is 10. The van der Waals surface area contributed by atoms with Crippen LogP contribution in [0.25, 0.3) is 0 Å². The van der Waals surface area contributed by atoms with E-state index in [1.165, 1.54) is 14.2 Å². The number of methoxy groups -OCH3 is 2. The molecule has 5 nitrogen and oxygen atoms in total. The molecule has 26 heavy (non-hydrogen) atoms. The summed E-state index contributed by atoms with van der Waals surface area (Å²) in [6.07, 6.45) is 2.27. The van der Waals surface area contributed by atoms with Gasteiger partial charge in [-0.15, -0.1) is 11.8 Å². The first-order valence-electron chi connectivity index (χ1n) is 8.99. The number of hydrogen-bond acceptors (Lipinski definition) is 5. The fourth-order valence-corrected chi connectivity index (χ4v) is 3.93. The molecule has 0 heterocycles. The molecule has 1 unspecified atom stereocenters. The SMILES string of the molecule is CCCCN(CCC(Sc1ccccc1)C(C)(C)C(=O)OC)C(=O)OC. The molecule has 0 aliphatic heterocycles. The van der Waals surface area contributed by atoms with Crippen LogP contribution >= 0.6 is 11.8 Å². The molecular weight excluding hydrogens is 350 g/mol. The van der Waals surface area contributed by atoms with Crippen molar-refractivity contribution in [1.29, 1.82) is 0 Å². The van der Waals surface area contributed by atoms with Crippen molar-refractivity contribution in [3.63, 3.8) is 0 Å². The Morgan fingerprint density at radius 1 is 1.12 bits per heavy atom. The van der Waals surface area contributed by atoms with Crippen LogP contribution in [0.15, 0.2) is 35.2 Å². The van der Waals surface area contributed by atoms with Gasteiger partial charge in [-0.1, -0.05) is 31.5 Å². The average molecular weight is 382 g/mol. The van der Waals surface area contributed by atoms with Gasteiger partial charge >= 0.3 is 12.1 Å². The van der Waals surface area contributed by atoms with Crippen LogP contribution in [0.2, 0.25) is 0 Å². The fourth-order valence-electron chi connectivity index (χ4n) is 2.67. The van der Waals surface area contributed by atoms with Crippen molar-refractivity contribution in [2.24, 2.45) is 5.41 Å². The minimum atomic E-state index is -0.679. The van der Waals surface area contributed by atoms with E-state index in [4.69, 9.17) is 9.47 Å². The maximum absolute atomic E-state index is 12.3. The van der Waals surface area contributed by atoms with Gasteiger partial charge in [0.05, 0.1) is 19.6 Å². The molecule has 0 fully saturated rings. The van der Waals surface area contributed by atoms with Gasteiger partial charge in [-0.2, -0.15) is 0 Å². The van der Waals surface area contributed by atoms with Gasteiger partial charge in [0.15, 0.2) is 0 Å².